The number of hydrogen-bond acceptors (Lipinski definition) is 2. The molecule has 1 aromatic carbocycles. The van der Waals surface area contributed by atoms with Gasteiger partial charge in [0.1, 0.15) is 0 Å². The van der Waals surface area contributed by atoms with Crippen molar-refractivity contribution in [1.82, 2.24) is 0 Å². The number of aliphatic hydroxyl groups excluding tert-OH is 1. The number of anilines is 1. The van der Waals surface area contributed by atoms with Crippen LogP contribution in [-0.4, -0.2) is 17.8 Å². The third-order valence-corrected chi connectivity index (χ3v) is 3.40. The van der Waals surface area contributed by atoms with Gasteiger partial charge in [0.2, 0.25) is 0 Å². The SMILES string of the molecule is Cc1ccc(NC(CO)C(C)C)c(C)c1C. The molecule has 0 bridgehead atoms. The van der Waals surface area contributed by atoms with Crippen molar-refractivity contribution in [3.8, 4) is 0 Å². The average Bonchev–Trinajstić information content (AvgIpc) is 2.25. The Balaban J connectivity index is 2.93. The lowest BCUT2D eigenvalue weighted by Crippen LogP contribution is -2.29. The Labute approximate surface area is 98.7 Å². The molecule has 0 aliphatic carbocycles. The van der Waals surface area contributed by atoms with E-state index in [1.807, 2.05) is 0 Å². The molecule has 1 atom stereocenters. The zero-order chi connectivity index (χ0) is 12.3. The van der Waals surface area contributed by atoms with Gasteiger partial charge in [-0.15, -0.1) is 0 Å². The topological polar surface area (TPSA) is 32.3 Å². The molecule has 1 rings (SSSR count). The lowest BCUT2D eigenvalue weighted by molar-refractivity contribution is 0.249. The molecule has 2 heteroatoms. The molecule has 0 amide bonds. The minimum absolute atomic E-state index is 0.126. The van der Waals surface area contributed by atoms with E-state index >= 15 is 0 Å². The third-order valence-electron chi connectivity index (χ3n) is 3.40. The van der Waals surface area contributed by atoms with E-state index in [9.17, 15) is 5.11 Å². The van der Waals surface area contributed by atoms with Crippen LogP contribution in [0.5, 0.6) is 0 Å². The van der Waals surface area contributed by atoms with Crippen molar-refractivity contribution in [3.63, 3.8) is 0 Å². The van der Waals surface area contributed by atoms with Crippen molar-refractivity contribution >= 4 is 5.69 Å². The number of hydrogen-bond donors (Lipinski definition) is 2. The van der Waals surface area contributed by atoms with Crippen molar-refractivity contribution in [2.45, 2.75) is 40.7 Å². The third kappa shape index (κ3) is 2.76. The second-order valence-electron chi connectivity index (χ2n) is 4.86. The first-order valence-corrected chi connectivity index (χ1v) is 5.91. The zero-order valence-corrected chi connectivity index (χ0v) is 11.0. The van der Waals surface area contributed by atoms with E-state index in [1.165, 1.54) is 16.7 Å². The summed E-state index contributed by atoms with van der Waals surface area (Å²) in [6.07, 6.45) is 0. The van der Waals surface area contributed by atoms with Crippen LogP contribution in [0, 0.1) is 26.7 Å². The normalized spacial score (nSPS) is 12.9. The number of nitrogens with one attached hydrogen (secondary N) is 1. The van der Waals surface area contributed by atoms with Crippen LogP contribution in [0.4, 0.5) is 5.69 Å². The minimum atomic E-state index is 0.126. The summed E-state index contributed by atoms with van der Waals surface area (Å²) in [4.78, 5) is 0. The molecule has 0 aliphatic rings. The molecule has 1 aromatic rings. The van der Waals surface area contributed by atoms with Crippen LogP contribution in [0.2, 0.25) is 0 Å². The van der Waals surface area contributed by atoms with Crippen LogP contribution in [0.15, 0.2) is 12.1 Å². The van der Waals surface area contributed by atoms with Gasteiger partial charge in [0.25, 0.3) is 0 Å². The number of aryl methyl sites for hydroxylation is 1. The van der Waals surface area contributed by atoms with E-state index in [-0.39, 0.29) is 12.6 Å². The summed E-state index contributed by atoms with van der Waals surface area (Å²) in [6.45, 7) is 10.8. The molecular formula is C14H23NO. The molecule has 16 heavy (non-hydrogen) atoms. The van der Waals surface area contributed by atoms with Gasteiger partial charge in [-0.25, -0.2) is 0 Å². The van der Waals surface area contributed by atoms with Gasteiger partial charge in [-0.1, -0.05) is 19.9 Å². The highest BCUT2D eigenvalue weighted by atomic mass is 16.3. The summed E-state index contributed by atoms with van der Waals surface area (Å²) in [7, 11) is 0. The highest BCUT2D eigenvalue weighted by Gasteiger charge is 2.13. The molecule has 90 valence electrons. The first kappa shape index (κ1) is 13.0. The standard InChI is InChI=1S/C14H23NO/c1-9(2)14(8-16)15-13-7-6-10(3)11(4)12(13)5/h6-7,9,14-16H,8H2,1-5H3. The van der Waals surface area contributed by atoms with Crippen molar-refractivity contribution < 1.29 is 5.11 Å². The van der Waals surface area contributed by atoms with E-state index < -0.39 is 0 Å². The quantitative estimate of drug-likeness (QED) is 0.819. The van der Waals surface area contributed by atoms with Crippen LogP contribution < -0.4 is 5.32 Å². The van der Waals surface area contributed by atoms with E-state index in [0.29, 0.717) is 5.92 Å². The second-order valence-corrected chi connectivity index (χ2v) is 4.86. The Morgan fingerprint density at radius 2 is 1.75 bits per heavy atom. The van der Waals surface area contributed by atoms with E-state index in [1.54, 1.807) is 0 Å². The van der Waals surface area contributed by atoms with Crippen LogP contribution in [0.25, 0.3) is 0 Å². The summed E-state index contributed by atoms with van der Waals surface area (Å²) in [5.41, 5.74) is 5.05. The Bertz CT molecular complexity index is 358. The van der Waals surface area contributed by atoms with Crippen molar-refractivity contribution in [1.29, 1.82) is 0 Å². The Morgan fingerprint density at radius 3 is 2.25 bits per heavy atom. The first-order valence-electron chi connectivity index (χ1n) is 5.91. The average molecular weight is 221 g/mol. The highest BCUT2D eigenvalue weighted by molar-refractivity contribution is 5.56. The maximum absolute atomic E-state index is 9.31. The molecule has 2 N–H and O–H groups in total. The van der Waals surface area contributed by atoms with Gasteiger partial charge < -0.3 is 10.4 Å². The lowest BCUT2D eigenvalue weighted by Gasteiger charge is -2.23. The molecule has 2 nitrogen and oxygen atoms in total. The molecule has 0 heterocycles. The van der Waals surface area contributed by atoms with Gasteiger partial charge in [-0.2, -0.15) is 0 Å². The predicted octanol–water partition coefficient (Wildman–Crippen LogP) is 3.04. The summed E-state index contributed by atoms with van der Waals surface area (Å²) in [5.74, 6) is 0.422. The molecule has 0 fully saturated rings. The summed E-state index contributed by atoms with van der Waals surface area (Å²) < 4.78 is 0. The van der Waals surface area contributed by atoms with Crippen molar-refractivity contribution in [2.24, 2.45) is 5.92 Å². The van der Waals surface area contributed by atoms with E-state index in [2.05, 4.69) is 52.1 Å². The zero-order valence-electron chi connectivity index (χ0n) is 11.0. The van der Waals surface area contributed by atoms with E-state index in [0.717, 1.165) is 5.69 Å². The highest BCUT2D eigenvalue weighted by Crippen LogP contribution is 2.23. The molecule has 0 saturated heterocycles. The molecule has 0 aromatic heterocycles. The van der Waals surface area contributed by atoms with Crippen molar-refractivity contribution in [2.75, 3.05) is 11.9 Å². The molecular weight excluding hydrogens is 198 g/mol. The number of aliphatic hydroxyl groups is 1. The molecule has 0 saturated carbocycles. The summed E-state index contributed by atoms with van der Waals surface area (Å²) in [5, 5.41) is 12.7. The predicted molar refractivity (Wildman–Crippen MR) is 70.0 cm³/mol. The Kier molecular flexibility index (Phi) is 4.36. The number of rotatable bonds is 4. The van der Waals surface area contributed by atoms with Crippen LogP contribution in [-0.2, 0) is 0 Å². The first-order chi connectivity index (χ1) is 7.47. The maximum Gasteiger partial charge on any atom is 0.0635 e. The van der Waals surface area contributed by atoms with Crippen LogP contribution >= 0.6 is 0 Å². The molecule has 0 aliphatic heterocycles. The van der Waals surface area contributed by atoms with Crippen molar-refractivity contribution in [3.05, 3.63) is 28.8 Å². The van der Waals surface area contributed by atoms with Crippen LogP contribution in [0.1, 0.15) is 30.5 Å². The molecule has 0 radical (unpaired) electrons. The summed E-state index contributed by atoms with van der Waals surface area (Å²) >= 11 is 0. The van der Waals surface area contributed by atoms with Gasteiger partial charge in [0, 0.05) is 5.69 Å². The van der Waals surface area contributed by atoms with Gasteiger partial charge in [-0.05, 0) is 49.4 Å². The van der Waals surface area contributed by atoms with Gasteiger partial charge >= 0.3 is 0 Å². The Morgan fingerprint density at radius 1 is 1.12 bits per heavy atom. The van der Waals surface area contributed by atoms with E-state index in [4.69, 9.17) is 0 Å². The van der Waals surface area contributed by atoms with Crippen LogP contribution in [0.3, 0.4) is 0 Å². The minimum Gasteiger partial charge on any atom is -0.394 e. The molecule has 1 unspecified atom stereocenters. The second kappa shape index (κ2) is 5.35. The maximum atomic E-state index is 9.31. The lowest BCUT2D eigenvalue weighted by atomic mass is 10.00. The Hall–Kier alpha value is -1.02. The fraction of sp³-hybridized carbons (Fsp3) is 0.571. The van der Waals surface area contributed by atoms with Gasteiger partial charge in [0.05, 0.1) is 12.6 Å². The number of benzene rings is 1. The monoisotopic (exact) mass is 221 g/mol. The largest absolute Gasteiger partial charge is 0.394 e. The fourth-order valence-electron chi connectivity index (χ4n) is 1.74. The van der Waals surface area contributed by atoms with Gasteiger partial charge in [-0.3, -0.25) is 0 Å². The molecule has 0 spiro atoms. The summed E-state index contributed by atoms with van der Waals surface area (Å²) in [6, 6.07) is 4.35. The smallest absolute Gasteiger partial charge is 0.0635 e. The van der Waals surface area contributed by atoms with Gasteiger partial charge in [0.15, 0.2) is 0 Å². The fourth-order valence-corrected chi connectivity index (χ4v) is 1.74.